The van der Waals surface area contributed by atoms with E-state index in [1.165, 1.54) is 18.7 Å². The van der Waals surface area contributed by atoms with E-state index < -0.39 is 5.63 Å². The van der Waals surface area contributed by atoms with Gasteiger partial charge in [0.15, 0.2) is 0 Å². The van der Waals surface area contributed by atoms with E-state index in [1.54, 1.807) is 28.9 Å². The predicted octanol–water partition coefficient (Wildman–Crippen LogP) is 2.32. The van der Waals surface area contributed by atoms with Crippen LogP contribution < -0.4 is 20.9 Å². The molecule has 0 aliphatic rings. The Hall–Kier alpha value is -3.33. The van der Waals surface area contributed by atoms with Gasteiger partial charge in [-0.15, -0.1) is 0 Å². The molecule has 0 saturated heterocycles. The van der Waals surface area contributed by atoms with Crippen LogP contribution in [0.2, 0.25) is 0 Å². The highest BCUT2D eigenvalue weighted by Gasteiger charge is 2.23. The molecule has 0 aliphatic heterocycles. The van der Waals surface area contributed by atoms with E-state index >= 15 is 0 Å². The number of hydrogen-bond acceptors (Lipinski definition) is 5. The van der Waals surface area contributed by atoms with Crippen LogP contribution in [0.3, 0.4) is 0 Å². The Morgan fingerprint density at radius 3 is 2.32 bits per heavy atom. The van der Waals surface area contributed by atoms with Crippen LogP contribution in [-0.4, -0.2) is 22.8 Å². The number of amides is 2. The van der Waals surface area contributed by atoms with Gasteiger partial charge >= 0.3 is 10.7 Å². The topological polar surface area (TPSA) is 108 Å². The third-order valence-electron chi connectivity index (χ3n) is 3.68. The van der Waals surface area contributed by atoms with Crippen LogP contribution in [0.1, 0.15) is 13.3 Å². The molecular formula is C19H19N4O4S+. The molecular weight excluding hydrogens is 380 g/mol. The van der Waals surface area contributed by atoms with Crippen LogP contribution in [0, 0.1) is 0 Å². The second-order valence-corrected chi connectivity index (χ2v) is 6.95. The van der Waals surface area contributed by atoms with E-state index in [1.807, 2.05) is 30.3 Å². The van der Waals surface area contributed by atoms with Crippen molar-refractivity contribution in [1.82, 2.24) is 5.27 Å². The number of nitrogens with zero attached hydrogens (tertiary/aromatic N) is 1. The normalized spacial score (nSPS) is 10.5. The van der Waals surface area contributed by atoms with E-state index in [2.05, 4.69) is 15.9 Å². The van der Waals surface area contributed by atoms with Gasteiger partial charge in [0.2, 0.25) is 17.5 Å². The number of benzene rings is 2. The first-order valence-electron chi connectivity index (χ1n) is 8.52. The van der Waals surface area contributed by atoms with Gasteiger partial charge in [0.05, 0.1) is 0 Å². The number of aromatic amines is 1. The summed E-state index contributed by atoms with van der Waals surface area (Å²) in [6.07, 6.45) is 0.220. The van der Waals surface area contributed by atoms with Crippen molar-refractivity contribution in [2.45, 2.75) is 18.4 Å². The van der Waals surface area contributed by atoms with Crippen molar-refractivity contribution in [3.63, 3.8) is 0 Å². The minimum absolute atomic E-state index is 0.157. The number of carbonyl (C=O) groups excluding carboxylic acids is 2. The second kappa shape index (κ2) is 9.05. The van der Waals surface area contributed by atoms with Gasteiger partial charge < -0.3 is 10.6 Å². The largest absolute Gasteiger partial charge is 0.442 e. The van der Waals surface area contributed by atoms with E-state index in [0.717, 1.165) is 5.69 Å². The first-order valence-corrected chi connectivity index (χ1v) is 9.51. The summed E-state index contributed by atoms with van der Waals surface area (Å²) >= 11 is 1.24. The number of anilines is 2. The maximum atomic E-state index is 12.1. The molecule has 1 aromatic heterocycles. The predicted molar refractivity (Wildman–Crippen MR) is 106 cm³/mol. The molecule has 0 saturated carbocycles. The van der Waals surface area contributed by atoms with Crippen molar-refractivity contribution in [2.75, 3.05) is 16.4 Å². The van der Waals surface area contributed by atoms with Crippen LogP contribution in [-0.2, 0) is 9.59 Å². The third kappa shape index (κ3) is 5.10. The number of nitrogens with one attached hydrogen (secondary N) is 3. The molecule has 9 heteroatoms. The first kappa shape index (κ1) is 19.4. The Labute approximate surface area is 164 Å². The summed E-state index contributed by atoms with van der Waals surface area (Å²) in [5, 5.41) is 8.38. The Balaban J connectivity index is 1.54. The molecule has 3 rings (SSSR count). The summed E-state index contributed by atoms with van der Waals surface area (Å²) in [5.74, 6) is 0.0763. The molecule has 0 spiro atoms. The van der Waals surface area contributed by atoms with E-state index in [-0.39, 0.29) is 18.2 Å². The van der Waals surface area contributed by atoms with Crippen LogP contribution in [0.5, 0.6) is 0 Å². The maximum absolute atomic E-state index is 12.1. The van der Waals surface area contributed by atoms with E-state index in [9.17, 15) is 14.4 Å². The van der Waals surface area contributed by atoms with Crippen LogP contribution in [0.4, 0.5) is 11.4 Å². The van der Waals surface area contributed by atoms with Crippen molar-refractivity contribution >= 4 is 35.0 Å². The highest BCUT2D eigenvalue weighted by Crippen LogP contribution is 2.16. The Morgan fingerprint density at radius 2 is 1.68 bits per heavy atom. The van der Waals surface area contributed by atoms with Gasteiger partial charge in [0.1, 0.15) is 0 Å². The third-order valence-corrected chi connectivity index (χ3v) is 4.71. The van der Waals surface area contributed by atoms with E-state index in [4.69, 9.17) is 4.52 Å². The summed E-state index contributed by atoms with van der Waals surface area (Å²) in [5.41, 5.74) is 1.57. The van der Waals surface area contributed by atoms with Gasteiger partial charge in [0, 0.05) is 42.6 Å². The molecule has 144 valence electrons. The number of aromatic nitrogens is 2. The van der Waals surface area contributed by atoms with Crippen molar-refractivity contribution in [3.05, 3.63) is 65.0 Å². The number of rotatable bonds is 7. The smallest absolute Gasteiger partial charge is 0.326 e. The molecule has 3 N–H and O–H groups in total. The highest BCUT2D eigenvalue weighted by molar-refractivity contribution is 7.99. The lowest BCUT2D eigenvalue weighted by Crippen LogP contribution is -2.36. The summed E-state index contributed by atoms with van der Waals surface area (Å²) in [6.45, 7) is 1.43. The molecule has 0 bridgehead atoms. The molecule has 3 aromatic rings. The number of carbonyl (C=O) groups is 2. The zero-order chi connectivity index (χ0) is 19.9. The first-order chi connectivity index (χ1) is 13.5. The van der Waals surface area contributed by atoms with Gasteiger partial charge in [-0.2, -0.15) is 0 Å². The van der Waals surface area contributed by atoms with Crippen molar-refractivity contribution in [3.8, 4) is 5.69 Å². The lowest BCUT2D eigenvalue weighted by molar-refractivity contribution is -0.704. The lowest BCUT2D eigenvalue weighted by atomic mass is 10.2. The minimum Gasteiger partial charge on any atom is -0.326 e. The molecule has 8 nitrogen and oxygen atoms in total. The molecule has 2 amide bonds. The summed E-state index contributed by atoms with van der Waals surface area (Å²) < 4.78 is 6.42. The van der Waals surface area contributed by atoms with Gasteiger partial charge in [-0.3, -0.25) is 14.1 Å². The van der Waals surface area contributed by atoms with Crippen molar-refractivity contribution < 1.29 is 18.8 Å². The minimum atomic E-state index is -0.483. The Morgan fingerprint density at radius 1 is 1.04 bits per heavy atom. The fourth-order valence-electron chi connectivity index (χ4n) is 2.44. The molecule has 0 aliphatic carbocycles. The van der Waals surface area contributed by atoms with Crippen LogP contribution >= 0.6 is 11.8 Å². The van der Waals surface area contributed by atoms with Gasteiger partial charge in [-0.1, -0.05) is 18.2 Å². The summed E-state index contributed by atoms with van der Waals surface area (Å²) in [7, 11) is 0. The molecule has 0 radical (unpaired) electrons. The SMILES string of the molecule is CC(=O)Nc1ccc(NC(=O)CCSc2c(=O)o[nH][n+]2-c2ccccc2)cc1. The Bertz CT molecular complexity index is 1010. The molecule has 1 heterocycles. The number of para-hydroxylation sites is 1. The molecule has 0 unspecified atom stereocenters. The highest BCUT2D eigenvalue weighted by atomic mass is 32.2. The average Bonchev–Trinajstić information content (AvgIpc) is 3.04. The molecule has 0 atom stereocenters. The Kier molecular flexibility index (Phi) is 6.28. The molecule has 0 fully saturated rings. The molecule has 28 heavy (non-hydrogen) atoms. The van der Waals surface area contributed by atoms with Gasteiger partial charge in [0.25, 0.3) is 0 Å². The fourth-order valence-corrected chi connectivity index (χ4v) is 3.35. The second-order valence-electron chi connectivity index (χ2n) is 5.86. The van der Waals surface area contributed by atoms with E-state index in [0.29, 0.717) is 22.2 Å². The number of H-pyrrole nitrogens is 1. The van der Waals surface area contributed by atoms with Crippen molar-refractivity contribution in [1.29, 1.82) is 0 Å². The number of thioether (sulfide) groups is 1. The summed E-state index contributed by atoms with van der Waals surface area (Å²) in [4.78, 5) is 35.1. The van der Waals surface area contributed by atoms with Crippen molar-refractivity contribution in [2.24, 2.45) is 0 Å². The van der Waals surface area contributed by atoms with Crippen LogP contribution in [0.25, 0.3) is 5.69 Å². The zero-order valence-corrected chi connectivity index (χ0v) is 15.9. The van der Waals surface area contributed by atoms with Gasteiger partial charge in [-0.25, -0.2) is 4.79 Å². The lowest BCUT2D eigenvalue weighted by Gasteiger charge is -2.06. The maximum Gasteiger partial charge on any atom is 0.442 e. The average molecular weight is 399 g/mol. The number of hydrogen-bond donors (Lipinski definition) is 3. The monoisotopic (exact) mass is 399 g/mol. The molecule has 2 aromatic carbocycles. The fraction of sp³-hybridized carbons (Fsp3) is 0.158. The standard InChI is InChI=1S/C19H18N4O4S/c1-13(24)20-14-7-9-15(10-8-14)21-17(25)11-12-28-18-19(26)27-22-23(18)16-5-3-2-4-6-16/h2-10,22,26H,11-12H2,1H3/p+1. The zero-order valence-electron chi connectivity index (χ0n) is 15.1. The summed E-state index contributed by atoms with van der Waals surface area (Å²) in [6, 6.07) is 16.1. The quantitative estimate of drug-likeness (QED) is 0.417. The van der Waals surface area contributed by atoms with Crippen LogP contribution in [0.15, 0.2) is 68.9 Å². The van der Waals surface area contributed by atoms with Gasteiger partial charge in [-0.05, 0) is 46.0 Å².